The molecule has 4 aliphatic heterocycles. The van der Waals surface area contributed by atoms with E-state index in [0.29, 0.717) is 58.8 Å². The number of hydrogen-bond acceptors (Lipinski definition) is 12. The zero-order valence-electron chi connectivity index (χ0n) is 30.3. The molecule has 292 valence electrons. The van der Waals surface area contributed by atoms with Gasteiger partial charge in [-0.25, -0.2) is 0 Å². The Morgan fingerprint density at radius 1 is 0.717 bits per heavy atom. The predicted octanol–water partition coefficient (Wildman–Crippen LogP) is -5.03. The van der Waals surface area contributed by atoms with Crippen LogP contribution in [0.1, 0.15) is 18.9 Å². The van der Waals surface area contributed by atoms with Crippen LogP contribution in [-0.4, -0.2) is 137 Å². The second-order valence-corrected chi connectivity index (χ2v) is 14.7. The van der Waals surface area contributed by atoms with Gasteiger partial charge in [-0.1, -0.05) is 12.1 Å². The Hall–Kier alpha value is -4.36. The second-order valence-electron chi connectivity index (χ2n) is 14.7. The number of carbonyl (C=O) groups is 6. The van der Waals surface area contributed by atoms with E-state index in [9.17, 15) is 33.9 Å². The van der Waals surface area contributed by atoms with Crippen LogP contribution < -0.4 is 58.9 Å². The van der Waals surface area contributed by atoms with E-state index in [1.165, 1.54) is 0 Å². The van der Waals surface area contributed by atoms with Crippen LogP contribution in [0.2, 0.25) is 0 Å². The van der Waals surface area contributed by atoms with Gasteiger partial charge in [-0.2, -0.15) is 0 Å². The van der Waals surface area contributed by atoms with Gasteiger partial charge in [0.15, 0.2) is 0 Å². The lowest BCUT2D eigenvalue weighted by Crippen LogP contribution is -2.54. The number of rotatable bonds is 16. The van der Waals surface area contributed by atoms with Crippen molar-refractivity contribution in [1.29, 1.82) is 0 Å². The number of phenolic OH excluding ortho intramolecular Hbond substituents is 1. The Bertz CT molecular complexity index is 1480. The Kier molecular flexibility index (Phi) is 14.0. The van der Waals surface area contributed by atoms with Crippen LogP contribution in [-0.2, 0) is 35.2 Å². The molecule has 0 spiro atoms. The Labute approximate surface area is 309 Å². The SMILES string of the molecule is CN[C@@H]1CNC[C@@H]1C(=O)NC[C@H](Cc1ccc(O)cc1)C(=O)N[C@@H]1CNC[C@@H]1C(=O)N[C@@H]1CNC[C@@H]1C(=O)N[C@@H](C)CC(=O)N[C@@H]1CNC[C@@H]1C(N)=O. The predicted molar refractivity (Wildman–Crippen MR) is 194 cm³/mol. The normalized spacial score (nSPS) is 29.2. The van der Waals surface area contributed by atoms with Crippen LogP contribution in [0, 0.1) is 29.6 Å². The Balaban J connectivity index is 1.14. The minimum atomic E-state index is -0.647. The van der Waals surface area contributed by atoms with Crippen molar-refractivity contribution in [3.63, 3.8) is 0 Å². The maximum absolute atomic E-state index is 13.8. The third kappa shape index (κ3) is 10.6. The molecule has 13 N–H and O–H groups in total. The van der Waals surface area contributed by atoms with Gasteiger partial charge in [-0.3, -0.25) is 28.8 Å². The first-order valence-electron chi connectivity index (χ1n) is 18.5. The highest BCUT2D eigenvalue weighted by Gasteiger charge is 2.40. The number of nitrogens with two attached hydrogens (primary N) is 1. The molecule has 5 rings (SSSR count). The summed E-state index contributed by atoms with van der Waals surface area (Å²) in [6, 6.07) is 4.59. The van der Waals surface area contributed by atoms with Crippen LogP contribution in [0.15, 0.2) is 24.3 Å². The van der Waals surface area contributed by atoms with Crippen molar-refractivity contribution in [3.05, 3.63) is 29.8 Å². The number of hydrogen-bond donors (Lipinski definition) is 12. The van der Waals surface area contributed by atoms with Gasteiger partial charge in [0.25, 0.3) is 0 Å². The molecule has 4 heterocycles. The van der Waals surface area contributed by atoms with Crippen LogP contribution in [0.25, 0.3) is 0 Å². The molecule has 18 heteroatoms. The maximum atomic E-state index is 13.8. The molecular formula is C35H55N11O7. The van der Waals surface area contributed by atoms with Crippen LogP contribution in [0.4, 0.5) is 0 Å². The van der Waals surface area contributed by atoms with Crippen molar-refractivity contribution in [2.45, 2.75) is 50.0 Å². The molecule has 0 aromatic heterocycles. The van der Waals surface area contributed by atoms with Crippen molar-refractivity contribution < 1.29 is 33.9 Å². The van der Waals surface area contributed by atoms with Crippen LogP contribution >= 0.6 is 0 Å². The lowest BCUT2D eigenvalue weighted by Gasteiger charge is -2.27. The Morgan fingerprint density at radius 2 is 1.25 bits per heavy atom. The summed E-state index contributed by atoms with van der Waals surface area (Å²) in [5.74, 6) is -4.37. The van der Waals surface area contributed by atoms with Gasteiger partial charge in [0.1, 0.15) is 5.75 Å². The van der Waals surface area contributed by atoms with E-state index in [4.69, 9.17) is 5.73 Å². The highest BCUT2D eigenvalue weighted by Crippen LogP contribution is 2.18. The van der Waals surface area contributed by atoms with Crippen LogP contribution in [0.5, 0.6) is 5.75 Å². The zero-order valence-corrected chi connectivity index (χ0v) is 30.3. The number of primary amides is 1. The number of nitrogens with one attached hydrogen (secondary N) is 10. The number of aromatic hydroxyl groups is 1. The highest BCUT2D eigenvalue weighted by molar-refractivity contribution is 5.87. The van der Waals surface area contributed by atoms with E-state index in [2.05, 4.69) is 53.2 Å². The molecule has 0 bridgehead atoms. The van der Waals surface area contributed by atoms with E-state index >= 15 is 0 Å². The number of carbonyl (C=O) groups excluding carboxylic acids is 6. The molecule has 10 atom stereocenters. The summed E-state index contributed by atoms with van der Waals surface area (Å²) in [6.07, 6.45) is 0.309. The van der Waals surface area contributed by atoms with Crippen molar-refractivity contribution in [2.24, 2.45) is 35.3 Å². The smallest absolute Gasteiger partial charge is 0.226 e. The first kappa shape index (κ1) is 39.8. The van der Waals surface area contributed by atoms with Gasteiger partial charge in [0, 0.05) is 77.4 Å². The standard InChI is InChI=1S/C35H55N11O7/c1-18(7-30(48)44-27-15-38-10-22(27)31(36)49)43-34(52)24-12-40-17-29(24)46-35(53)25-13-41-16-28(25)45-32(50)20(8-19-3-5-21(47)6-4-19)9-42-33(51)23-11-39-14-26(23)37-2/h3-6,18,20,22-29,37-41,47H,7-17H2,1-2H3,(H2,36,49)(H,42,51)(H,43,52)(H,44,48)(H,45,50)(H,46,53)/t18-,20-,22-,23-,24-,25-,26+,27+,28+,29+/m0/s1. The van der Waals surface area contributed by atoms with E-state index in [0.717, 1.165) is 5.56 Å². The first-order valence-corrected chi connectivity index (χ1v) is 18.5. The average molecular weight is 742 g/mol. The molecular weight excluding hydrogens is 686 g/mol. The molecule has 1 aromatic rings. The van der Waals surface area contributed by atoms with Gasteiger partial charge < -0.3 is 64.0 Å². The van der Waals surface area contributed by atoms with Crippen molar-refractivity contribution >= 4 is 35.4 Å². The molecule has 0 unspecified atom stereocenters. The largest absolute Gasteiger partial charge is 0.508 e. The van der Waals surface area contributed by atoms with E-state index in [1.54, 1.807) is 31.2 Å². The van der Waals surface area contributed by atoms with Crippen molar-refractivity contribution in [1.82, 2.24) is 53.2 Å². The average Bonchev–Trinajstić information content (AvgIpc) is 3.94. The summed E-state index contributed by atoms with van der Waals surface area (Å²) in [4.78, 5) is 78.1. The molecule has 53 heavy (non-hydrogen) atoms. The molecule has 6 amide bonds. The van der Waals surface area contributed by atoms with E-state index in [1.807, 2.05) is 7.05 Å². The topological polar surface area (TPSA) is 269 Å². The number of benzene rings is 1. The van der Waals surface area contributed by atoms with Gasteiger partial charge in [-0.15, -0.1) is 0 Å². The first-order chi connectivity index (χ1) is 25.4. The molecule has 4 fully saturated rings. The molecule has 4 saturated heterocycles. The lowest BCUT2D eigenvalue weighted by atomic mass is 9.95. The molecule has 4 aliphatic rings. The summed E-state index contributed by atoms with van der Waals surface area (Å²) in [5, 5.41) is 40.2. The number of amides is 6. The summed E-state index contributed by atoms with van der Waals surface area (Å²) >= 11 is 0. The molecule has 0 aliphatic carbocycles. The summed E-state index contributed by atoms with van der Waals surface area (Å²) < 4.78 is 0. The number of likely N-dealkylation sites (N-methyl/N-ethyl adjacent to an activating group) is 1. The second kappa shape index (κ2) is 18.6. The monoisotopic (exact) mass is 741 g/mol. The van der Waals surface area contributed by atoms with E-state index < -0.39 is 53.7 Å². The van der Waals surface area contributed by atoms with Gasteiger partial charge in [-0.05, 0) is 38.1 Å². The Morgan fingerprint density at radius 3 is 1.85 bits per heavy atom. The number of phenols is 1. The minimum absolute atomic E-state index is 0.00565. The molecule has 0 saturated carbocycles. The molecule has 18 nitrogen and oxygen atoms in total. The third-order valence-corrected chi connectivity index (χ3v) is 10.8. The van der Waals surface area contributed by atoms with Gasteiger partial charge in [0.2, 0.25) is 35.4 Å². The van der Waals surface area contributed by atoms with E-state index in [-0.39, 0.29) is 60.2 Å². The minimum Gasteiger partial charge on any atom is -0.508 e. The zero-order chi connectivity index (χ0) is 38.1. The van der Waals surface area contributed by atoms with Gasteiger partial charge in [0.05, 0.1) is 47.7 Å². The third-order valence-electron chi connectivity index (χ3n) is 10.8. The lowest BCUT2D eigenvalue weighted by molar-refractivity contribution is -0.129. The summed E-state index contributed by atoms with van der Waals surface area (Å²) in [6.45, 7) is 5.24. The fourth-order valence-electron chi connectivity index (χ4n) is 7.66. The van der Waals surface area contributed by atoms with Crippen molar-refractivity contribution in [3.8, 4) is 5.75 Å². The van der Waals surface area contributed by atoms with Crippen molar-refractivity contribution in [2.75, 3.05) is 66.0 Å². The summed E-state index contributed by atoms with van der Waals surface area (Å²) in [5.41, 5.74) is 6.24. The summed E-state index contributed by atoms with van der Waals surface area (Å²) in [7, 11) is 1.81. The molecule has 1 aromatic carbocycles. The van der Waals surface area contributed by atoms with Crippen LogP contribution in [0.3, 0.4) is 0 Å². The fraction of sp³-hybridized carbons (Fsp3) is 0.657. The maximum Gasteiger partial charge on any atom is 0.226 e. The molecule has 0 radical (unpaired) electrons. The van der Waals surface area contributed by atoms with Gasteiger partial charge >= 0.3 is 0 Å². The fourth-order valence-corrected chi connectivity index (χ4v) is 7.66. The highest BCUT2D eigenvalue weighted by atomic mass is 16.3. The quantitative estimate of drug-likeness (QED) is 0.0760.